The molecule has 0 saturated heterocycles. The lowest BCUT2D eigenvalue weighted by molar-refractivity contribution is -0.142. The summed E-state index contributed by atoms with van der Waals surface area (Å²) in [7, 11) is 1.75. The molecule has 5 nitrogen and oxygen atoms in total. The lowest BCUT2D eigenvalue weighted by Crippen LogP contribution is -2.25. The van der Waals surface area contributed by atoms with E-state index in [0.29, 0.717) is 11.1 Å². The monoisotopic (exact) mass is 260 g/mol. The average Bonchev–Trinajstić information content (AvgIpc) is 2.42. The highest BCUT2D eigenvalue weighted by atomic mass is 16.5. The van der Waals surface area contributed by atoms with Crippen molar-refractivity contribution in [3.63, 3.8) is 0 Å². The summed E-state index contributed by atoms with van der Waals surface area (Å²) in [5.74, 6) is 1.64. The van der Waals surface area contributed by atoms with Gasteiger partial charge in [0.15, 0.2) is 0 Å². The summed E-state index contributed by atoms with van der Waals surface area (Å²) in [4.78, 5) is 22.8. The van der Waals surface area contributed by atoms with Crippen LogP contribution in [0.4, 0.5) is 5.69 Å². The smallest absolute Gasteiger partial charge is 0.302 e. The molecular formula is C14H16N2O3. The van der Waals surface area contributed by atoms with Gasteiger partial charge in [0.25, 0.3) is 5.91 Å². The summed E-state index contributed by atoms with van der Waals surface area (Å²) in [6.07, 6.45) is 5.10. The first-order valence-electron chi connectivity index (χ1n) is 5.74. The Morgan fingerprint density at radius 2 is 2.16 bits per heavy atom. The van der Waals surface area contributed by atoms with Gasteiger partial charge in [-0.2, -0.15) is 0 Å². The number of benzene rings is 1. The molecule has 0 aliphatic heterocycles. The number of rotatable bonds is 5. The van der Waals surface area contributed by atoms with Gasteiger partial charge in [0, 0.05) is 30.8 Å². The summed E-state index contributed by atoms with van der Waals surface area (Å²) in [6, 6.07) is 5.22. The van der Waals surface area contributed by atoms with E-state index in [2.05, 4.69) is 16.6 Å². The van der Waals surface area contributed by atoms with Gasteiger partial charge in [-0.25, -0.2) is 0 Å². The van der Waals surface area contributed by atoms with Crippen LogP contribution in [0.15, 0.2) is 18.2 Å². The highest BCUT2D eigenvalue weighted by Crippen LogP contribution is 2.17. The maximum atomic E-state index is 12.0. The van der Waals surface area contributed by atoms with E-state index >= 15 is 0 Å². The molecule has 100 valence electrons. The lowest BCUT2D eigenvalue weighted by atomic mass is 10.1. The highest BCUT2D eigenvalue weighted by molar-refractivity contribution is 5.96. The van der Waals surface area contributed by atoms with E-state index in [-0.39, 0.29) is 19.1 Å². The number of amides is 1. The van der Waals surface area contributed by atoms with Gasteiger partial charge in [0.05, 0.1) is 6.54 Å². The van der Waals surface area contributed by atoms with Crippen LogP contribution >= 0.6 is 0 Å². The molecule has 5 heteroatoms. The fourth-order valence-corrected chi connectivity index (χ4v) is 1.48. The van der Waals surface area contributed by atoms with Gasteiger partial charge in [-0.05, 0) is 12.1 Å². The summed E-state index contributed by atoms with van der Waals surface area (Å²) in [5, 5.41) is 5.53. The highest BCUT2D eigenvalue weighted by Gasteiger charge is 2.12. The summed E-state index contributed by atoms with van der Waals surface area (Å²) in [6.45, 7) is 1.52. The molecule has 0 saturated carbocycles. The average molecular weight is 260 g/mol. The van der Waals surface area contributed by atoms with Crippen molar-refractivity contribution in [3.8, 4) is 12.3 Å². The number of anilines is 1. The van der Waals surface area contributed by atoms with E-state index in [1.807, 2.05) is 0 Å². The third-order valence-electron chi connectivity index (χ3n) is 2.43. The van der Waals surface area contributed by atoms with Crippen LogP contribution in [0.25, 0.3) is 0 Å². The molecule has 2 N–H and O–H groups in total. The number of hydrogen-bond donors (Lipinski definition) is 2. The first kappa shape index (κ1) is 14.6. The van der Waals surface area contributed by atoms with Gasteiger partial charge in [0.2, 0.25) is 0 Å². The van der Waals surface area contributed by atoms with Gasteiger partial charge >= 0.3 is 5.97 Å². The number of ether oxygens (including phenoxy) is 1. The third-order valence-corrected chi connectivity index (χ3v) is 2.43. The summed E-state index contributed by atoms with van der Waals surface area (Å²) >= 11 is 0. The van der Waals surface area contributed by atoms with E-state index in [9.17, 15) is 9.59 Å². The fraction of sp³-hybridized carbons (Fsp3) is 0.286. The van der Waals surface area contributed by atoms with Crippen molar-refractivity contribution in [3.05, 3.63) is 29.3 Å². The number of hydrogen-bond acceptors (Lipinski definition) is 4. The zero-order valence-electron chi connectivity index (χ0n) is 10.9. The molecule has 0 heterocycles. The zero-order chi connectivity index (χ0) is 14.3. The maximum Gasteiger partial charge on any atom is 0.302 e. The van der Waals surface area contributed by atoms with E-state index in [1.54, 1.807) is 25.2 Å². The van der Waals surface area contributed by atoms with Crippen LogP contribution in [0.1, 0.15) is 22.8 Å². The van der Waals surface area contributed by atoms with Crippen LogP contribution < -0.4 is 10.6 Å². The van der Waals surface area contributed by atoms with Crippen molar-refractivity contribution in [2.24, 2.45) is 0 Å². The Balaban J connectivity index is 2.98. The second-order valence-corrected chi connectivity index (χ2v) is 3.79. The Bertz CT molecular complexity index is 518. The van der Waals surface area contributed by atoms with Crippen molar-refractivity contribution in [1.29, 1.82) is 0 Å². The standard InChI is InChI=1S/C14H16N2O3/c1-4-7-16-14(18)13-8-12(15-3)6-5-11(13)9-19-10(2)17/h1,5-6,8,15H,7,9H2,2-3H3,(H,16,18). The first-order chi connectivity index (χ1) is 9.08. The van der Waals surface area contributed by atoms with Crippen molar-refractivity contribution < 1.29 is 14.3 Å². The lowest BCUT2D eigenvalue weighted by Gasteiger charge is -2.11. The Labute approximate surface area is 112 Å². The molecule has 1 amide bonds. The largest absolute Gasteiger partial charge is 0.461 e. The fourth-order valence-electron chi connectivity index (χ4n) is 1.48. The number of nitrogens with one attached hydrogen (secondary N) is 2. The van der Waals surface area contributed by atoms with Gasteiger partial charge in [-0.15, -0.1) is 6.42 Å². The topological polar surface area (TPSA) is 67.4 Å². The molecule has 0 radical (unpaired) electrons. The quantitative estimate of drug-likeness (QED) is 0.615. The molecule has 0 aliphatic carbocycles. The minimum atomic E-state index is -0.396. The third kappa shape index (κ3) is 4.36. The molecule has 1 rings (SSSR count). The molecule has 0 fully saturated rings. The zero-order valence-corrected chi connectivity index (χ0v) is 10.9. The maximum absolute atomic E-state index is 12.0. The number of esters is 1. The number of carbonyl (C=O) groups excluding carboxylic acids is 2. The van der Waals surface area contributed by atoms with Crippen LogP contribution in [0.2, 0.25) is 0 Å². The first-order valence-corrected chi connectivity index (χ1v) is 5.74. The van der Waals surface area contributed by atoms with Crippen molar-refractivity contribution in [2.75, 3.05) is 18.9 Å². The van der Waals surface area contributed by atoms with Crippen LogP contribution in [0.5, 0.6) is 0 Å². The van der Waals surface area contributed by atoms with Gasteiger partial charge in [-0.3, -0.25) is 9.59 Å². The minimum absolute atomic E-state index is 0.0537. The van der Waals surface area contributed by atoms with Crippen LogP contribution in [-0.4, -0.2) is 25.5 Å². The van der Waals surface area contributed by atoms with Crippen LogP contribution in [0.3, 0.4) is 0 Å². The van der Waals surface area contributed by atoms with Crippen LogP contribution in [-0.2, 0) is 16.1 Å². The minimum Gasteiger partial charge on any atom is -0.461 e. The van der Waals surface area contributed by atoms with Gasteiger partial charge in [0.1, 0.15) is 6.61 Å². The molecule has 0 aromatic heterocycles. The van der Waals surface area contributed by atoms with Crippen molar-refractivity contribution in [1.82, 2.24) is 5.32 Å². The predicted octanol–water partition coefficient (Wildman–Crippen LogP) is 1.15. The summed E-state index contributed by atoms with van der Waals surface area (Å²) in [5.41, 5.74) is 1.85. The van der Waals surface area contributed by atoms with E-state index in [4.69, 9.17) is 11.2 Å². The van der Waals surface area contributed by atoms with Gasteiger partial charge < -0.3 is 15.4 Å². The second kappa shape index (κ2) is 7.07. The van der Waals surface area contributed by atoms with Crippen molar-refractivity contribution in [2.45, 2.75) is 13.5 Å². The van der Waals surface area contributed by atoms with E-state index in [1.165, 1.54) is 6.92 Å². The molecule has 19 heavy (non-hydrogen) atoms. The van der Waals surface area contributed by atoms with E-state index < -0.39 is 5.97 Å². The Morgan fingerprint density at radius 1 is 1.42 bits per heavy atom. The Kier molecular flexibility index (Phi) is 5.42. The molecule has 0 unspecified atom stereocenters. The van der Waals surface area contributed by atoms with Gasteiger partial charge in [-0.1, -0.05) is 12.0 Å². The molecule has 1 aromatic carbocycles. The Hall–Kier alpha value is -2.48. The van der Waals surface area contributed by atoms with Crippen LogP contribution in [0, 0.1) is 12.3 Å². The molecule has 0 bridgehead atoms. The Morgan fingerprint density at radius 3 is 2.74 bits per heavy atom. The summed E-state index contributed by atoms with van der Waals surface area (Å²) < 4.78 is 4.92. The molecule has 1 aromatic rings. The number of carbonyl (C=O) groups is 2. The predicted molar refractivity (Wildman–Crippen MR) is 72.6 cm³/mol. The normalized spacial score (nSPS) is 9.32. The molecule has 0 spiro atoms. The number of terminal acetylenes is 1. The second-order valence-electron chi connectivity index (χ2n) is 3.79. The van der Waals surface area contributed by atoms with Crippen molar-refractivity contribution >= 4 is 17.6 Å². The van der Waals surface area contributed by atoms with E-state index in [0.717, 1.165) is 5.69 Å². The molecular weight excluding hydrogens is 244 g/mol. The SMILES string of the molecule is C#CCNC(=O)c1cc(NC)ccc1COC(C)=O. The molecule has 0 atom stereocenters. The molecule has 0 aliphatic rings.